The molecule has 1 atom stereocenters. The third-order valence-corrected chi connectivity index (χ3v) is 9.52. The van der Waals surface area contributed by atoms with Crippen LogP contribution in [0.5, 0.6) is 0 Å². The van der Waals surface area contributed by atoms with Crippen molar-refractivity contribution in [1.29, 1.82) is 0 Å². The van der Waals surface area contributed by atoms with Crippen LogP contribution in [0.25, 0.3) is 42.4 Å². The Morgan fingerprint density at radius 2 is 1.46 bits per heavy atom. The summed E-state index contributed by atoms with van der Waals surface area (Å²) in [6.45, 7) is 10.7. The molecule has 2 aromatic carbocycles. The molecule has 1 aliphatic rings. The molecule has 6 heteroatoms. The molecule has 212 valence electrons. The van der Waals surface area contributed by atoms with E-state index in [0.29, 0.717) is 5.92 Å². The smallest absolute Gasteiger partial charge is 0.129 e. The first-order chi connectivity index (χ1) is 20.2. The number of thiophene rings is 1. The van der Waals surface area contributed by atoms with Crippen LogP contribution >= 0.6 is 11.3 Å². The molecule has 4 heterocycles. The molecule has 1 aliphatic heterocycles. The second kappa shape index (κ2) is 13.1. The Morgan fingerprint density at radius 3 is 2.15 bits per heavy atom. The second-order valence-electron chi connectivity index (χ2n) is 11.2. The third-order valence-electron chi connectivity index (χ3n) is 8.37. The van der Waals surface area contributed by atoms with Gasteiger partial charge in [0.1, 0.15) is 5.82 Å². The van der Waals surface area contributed by atoms with E-state index in [-0.39, 0.29) is 0 Å². The zero-order valence-electron chi connectivity index (χ0n) is 24.3. The zero-order chi connectivity index (χ0) is 28.0. The van der Waals surface area contributed by atoms with Gasteiger partial charge in [0.15, 0.2) is 0 Å². The third kappa shape index (κ3) is 6.45. The van der Waals surface area contributed by atoms with Crippen LogP contribution in [0, 0.1) is 5.92 Å². The lowest BCUT2D eigenvalue weighted by atomic mass is 9.94. The summed E-state index contributed by atoms with van der Waals surface area (Å²) in [5.41, 5.74) is 6.17. The standard InChI is InChI=1S/C35H41N5S/c1-3-12-36-13-9-25(4-2)20-30-21-28(10-14-38-30)26-5-7-33-31(22-26)32-23-27(6-8-34(32)41-33)29-11-15-39-35(24-29)40-18-16-37-17-19-40/h5-8,10-11,14-15,21-25,36-37H,3-4,9,12-13,16-20H2,1-2H3. The molecule has 0 aliphatic carbocycles. The number of hydrogen-bond acceptors (Lipinski definition) is 6. The van der Waals surface area contributed by atoms with Crippen molar-refractivity contribution in [3.8, 4) is 22.3 Å². The van der Waals surface area contributed by atoms with Gasteiger partial charge in [0.25, 0.3) is 0 Å². The highest BCUT2D eigenvalue weighted by atomic mass is 32.1. The molecule has 3 aromatic heterocycles. The zero-order valence-corrected chi connectivity index (χ0v) is 25.1. The molecule has 0 bridgehead atoms. The van der Waals surface area contributed by atoms with Crippen molar-refractivity contribution in [1.82, 2.24) is 20.6 Å². The first-order valence-electron chi connectivity index (χ1n) is 15.3. The number of aromatic nitrogens is 2. The van der Waals surface area contributed by atoms with Crippen LogP contribution in [-0.2, 0) is 6.42 Å². The number of nitrogens with zero attached hydrogens (tertiary/aromatic N) is 3. The Hall–Kier alpha value is -3.32. The fourth-order valence-electron chi connectivity index (χ4n) is 5.92. The molecule has 5 aromatic rings. The minimum absolute atomic E-state index is 0.657. The van der Waals surface area contributed by atoms with E-state index < -0.39 is 0 Å². The van der Waals surface area contributed by atoms with Crippen molar-refractivity contribution in [3.63, 3.8) is 0 Å². The molecule has 2 N–H and O–H groups in total. The molecule has 1 fully saturated rings. The summed E-state index contributed by atoms with van der Waals surface area (Å²) in [6.07, 6.45) is 8.54. The maximum atomic E-state index is 4.75. The first kappa shape index (κ1) is 27.8. The highest BCUT2D eigenvalue weighted by molar-refractivity contribution is 7.25. The highest BCUT2D eigenvalue weighted by Crippen LogP contribution is 2.38. The summed E-state index contributed by atoms with van der Waals surface area (Å²) in [5.74, 6) is 1.72. The van der Waals surface area contributed by atoms with Crippen molar-refractivity contribution < 1.29 is 0 Å². The molecule has 0 spiro atoms. The number of anilines is 1. The van der Waals surface area contributed by atoms with Crippen LogP contribution in [0.4, 0.5) is 5.82 Å². The molecule has 0 amide bonds. The van der Waals surface area contributed by atoms with Gasteiger partial charge in [-0.25, -0.2) is 4.98 Å². The predicted molar refractivity (Wildman–Crippen MR) is 176 cm³/mol. The largest absolute Gasteiger partial charge is 0.354 e. The molecular formula is C35H41N5S. The predicted octanol–water partition coefficient (Wildman–Crippen LogP) is 7.55. The second-order valence-corrected chi connectivity index (χ2v) is 12.3. The first-order valence-corrected chi connectivity index (χ1v) is 16.1. The van der Waals surface area contributed by atoms with Crippen molar-refractivity contribution in [2.45, 2.75) is 39.5 Å². The van der Waals surface area contributed by atoms with Crippen molar-refractivity contribution >= 4 is 37.3 Å². The normalized spacial score (nSPS) is 14.6. The Bertz CT molecular complexity index is 1600. The van der Waals surface area contributed by atoms with Gasteiger partial charge >= 0.3 is 0 Å². The molecule has 1 unspecified atom stereocenters. The summed E-state index contributed by atoms with van der Waals surface area (Å²) in [5, 5.41) is 9.64. The summed E-state index contributed by atoms with van der Waals surface area (Å²) in [6, 6.07) is 22.7. The van der Waals surface area contributed by atoms with Crippen molar-refractivity contribution in [2.75, 3.05) is 44.2 Å². The van der Waals surface area contributed by atoms with E-state index in [1.807, 2.05) is 23.7 Å². The summed E-state index contributed by atoms with van der Waals surface area (Å²) >= 11 is 1.88. The van der Waals surface area contributed by atoms with Crippen LogP contribution in [0.1, 0.15) is 38.8 Å². The molecule has 5 nitrogen and oxygen atoms in total. The minimum Gasteiger partial charge on any atom is -0.354 e. The number of pyridine rings is 2. The Labute approximate surface area is 248 Å². The van der Waals surface area contributed by atoms with Crippen molar-refractivity contribution in [2.24, 2.45) is 5.92 Å². The Morgan fingerprint density at radius 1 is 0.805 bits per heavy atom. The minimum atomic E-state index is 0.657. The van der Waals surface area contributed by atoms with Gasteiger partial charge in [0, 0.05) is 64.4 Å². The van der Waals surface area contributed by atoms with Crippen LogP contribution in [-0.4, -0.2) is 49.2 Å². The van der Waals surface area contributed by atoms with Gasteiger partial charge in [0.05, 0.1) is 0 Å². The molecule has 6 rings (SSSR count). The van der Waals surface area contributed by atoms with E-state index in [9.17, 15) is 0 Å². The number of hydrogen-bond donors (Lipinski definition) is 2. The molecule has 1 saturated heterocycles. The van der Waals surface area contributed by atoms with Gasteiger partial charge in [-0.2, -0.15) is 0 Å². The molecule has 0 radical (unpaired) electrons. The fourth-order valence-corrected chi connectivity index (χ4v) is 6.99. The summed E-state index contributed by atoms with van der Waals surface area (Å²) < 4.78 is 2.66. The lowest BCUT2D eigenvalue weighted by Crippen LogP contribution is -2.43. The van der Waals surface area contributed by atoms with Gasteiger partial charge < -0.3 is 15.5 Å². The summed E-state index contributed by atoms with van der Waals surface area (Å²) in [7, 11) is 0. The van der Waals surface area contributed by atoms with E-state index >= 15 is 0 Å². The van der Waals surface area contributed by atoms with Crippen LogP contribution in [0.15, 0.2) is 73.1 Å². The average Bonchev–Trinajstić information content (AvgIpc) is 3.40. The van der Waals surface area contributed by atoms with Gasteiger partial charge in [-0.05, 0) is 109 Å². The maximum absolute atomic E-state index is 4.75. The lowest BCUT2D eigenvalue weighted by molar-refractivity contribution is 0.445. The van der Waals surface area contributed by atoms with E-state index in [1.54, 1.807) is 0 Å². The quantitative estimate of drug-likeness (QED) is 0.163. The van der Waals surface area contributed by atoms with E-state index in [1.165, 1.54) is 67.4 Å². The number of nitrogens with one attached hydrogen (secondary N) is 2. The molecular weight excluding hydrogens is 522 g/mol. The summed E-state index contributed by atoms with van der Waals surface area (Å²) in [4.78, 5) is 11.8. The van der Waals surface area contributed by atoms with Crippen LogP contribution in [0.2, 0.25) is 0 Å². The van der Waals surface area contributed by atoms with E-state index in [4.69, 9.17) is 4.98 Å². The van der Waals surface area contributed by atoms with E-state index in [2.05, 4.69) is 95.0 Å². The monoisotopic (exact) mass is 563 g/mol. The van der Waals surface area contributed by atoms with Crippen LogP contribution in [0.3, 0.4) is 0 Å². The number of piperazine rings is 1. The lowest BCUT2D eigenvalue weighted by Gasteiger charge is -2.28. The van der Waals surface area contributed by atoms with Crippen molar-refractivity contribution in [3.05, 3.63) is 78.8 Å². The number of benzene rings is 2. The Balaban J connectivity index is 1.27. The van der Waals surface area contributed by atoms with Crippen LogP contribution < -0.4 is 15.5 Å². The highest BCUT2D eigenvalue weighted by Gasteiger charge is 2.14. The average molecular weight is 564 g/mol. The SMILES string of the molecule is CCCNCCC(CC)Cc1cc(-c2ccc3sc4ccc(-c5ccnc(N6CCNCC6)c5)cc4c3c2)ccn1. The van der Waals surface area contributed by atoms with Gasteiger partial charge in [-0.15, -0.1) is 11.3 Å². The number of fused-ring (bicyclic) bond motifs is 3. The molecule has 0 saturated carbocycles. The molecule has 41 heavy (non-hydrogen) atoms. The van der Waals surface area contributed by atoms with E-state index in [0.717, 1.165) is 51.5 Å². The van der Waals surface area contributed by atoms with Gasteiger partial charge in [-0.1, -0.05) is 32.4 Å². The Kier molecular flexibility index (Phi) is 8.90. The topological polar surface area (TPSA) is 53.1 Å². The number of rotatable bonds is 11. The fraction of sp³-hybridized carbons (Fsp3) is 0.371. The maximum Gasteiger partial charge on any atom is 0.129 e. The van der Waals surface area contributed by atoms with Gasteiger partial charge in [0.2, 0.25) is 0 Å². The van der Waals surface area contributed by atoms with Gasteiger partial charge in [-0.3, -0.25) is 4.98 Å².